The Balaban J connectivity index is 1.86. The van der Waals surface area contributed by atoms with Gasteiger partial charge < -0.3 is 14.9 Å². The molecule has 192 valence electrons. The van der Waals surface area contributed by atoms with Gasteiger partial charge in [0, 0.05) is 5.02 Å². The summed E-state index contributed by atoms with van der Waals surface area (Å²) in [7, 11) is 0. The first-order valence-electron chi connectivity index (χ1n) is 13.7. The van der Waals surface area contributed by atoms with Crippen LogP contribution in [0.1, 0.15) is 87.6 Å². The van der Waals surface area contributed by atoms with E-state index < -0.39 is 17.8 Å². The van der Waals surface area contributed by atoms with Crippen LogP contribution in [0, 0.1) is 17.8 Å². The summed E-state index contributed by atoms with van der Waals surface area (Å²) >= 11 is 6.88. The van der Waals surface area contributed by atoms with E-state index in [1.54, 1.807) is 0 Å². The lowest BCUT2D eigenvalue weighted by atomic mass is 9.58. The molecule has 1 aliphatic carbocycles. The topological polar surface area (TPSA) is 49.7 Å². The molecule has 2 aromatic carbocycles. The van der Waals surface area contributed by atoms with E-state index in [1.165, 1.54) is 47.1 Å². The number of hydrogen-bond acceptors (Lipinski definition) is 3. The van der Waals surface area contributed by atoms with E-state index in [1.807, 2.05) is 0 Å². The van der Waals surface area contributed by atoms with Crippen molar-refractivity contribution in [3.63, 3.8) is 0 Å². The first-order valence-corrected chi connectivity index (χ1v) is 14.1. The Morgan fingerprint density at radius 2 is 1.69 bits per heavy atom. The number of halogens is 1. The van der Waals surface area contributed by atoms with Gasteiger partial charge in [0.2, 0.25) is 0 Å². The molecular weight excluding hydrogens is 456 g/mol. The van der Waals surface area contributed by atoms with Crippen LogP contribution < -0.4 is 0 Å². The fraction of sp³-hybridized carbons (Fsp3) is 0.613. The molecule has 0 radical (unpaired) electrons. The fourth-order valence-electron chi connectivity index (χ4n) is 6.58. The second kappa shape index (κ2) is 11.3. The molecule has 0 aromatic heterocycles. The van der Waals surface area contributed by atoms with E-state index in [4.69, 9.17) is 16.3 Å². The highest BCUT2D eigenvalue weighted by atomic mass is 35.5. The lowest BCUT2D eigenvalue weighted by molar-refractivity contribution is -0.255. The predicted molar refractivity (Wildman–Crippen MR) is 144 cm³/mol. The molecule has 0 bridgehead atoms. The Labute approximate surface area is 216 Å². The zero-order valence-electron chi connectivity index (χ0n) is 21.9. The highest BCUT2D eigenvalue weighted by molar-refractivity contribution is 6.31. The van der Waals surface area contributed by atoms with Crippen molar-refractivity contribution in [3.8, 4) is 0 Å². The largest absolute Gasteiger partial charge is 0.394 e. The smallest absolute Gasteiger partial charge is 0.108 e. The van der Waals surface area contributed by atoms with Crippen molar-refractivity contribution in [2.45, 2.75) is 96.9 Å². The molecule has 1 saturated heterocycles. The summed E-state index contributed by atoms with van der Waals surface area (Å²) in [5.41, 5.74) is 5.74. The van der Waals surface area contributed by atoms with Crippen LogP contribution in [-0.2, 0) is 29.6 Å². The molecule has 1 aliphatic heterocycles. The van der Waals surface area contributed by atoms with Crippen molar-refractivity contribution in [2.75, 3.05) is 6.61 Å². The van der Waals surface area contributed by atoms with Crippen molar-refractivity contribution in [2.24, 2.45) is 17.8 Å². The first-order chi connectivity index (χ1) is 16.9. The maximum atomic E-state index is 10.9. The second-order valence-electron chi connectivity index (χ2n) is 10.8. The van der Waals surface area contributed by atoms with Crippen molar-refractivity contribution < 1.29 is 14.9 Å². The third kappa shape index (κ3) is 4.94. The highest BCUT2D eigenvalue weighted by Gasteiger charge is 2.56. The van der Waals surface area contributed by atoms with Crippen molar-refractivity contribution in [1.29, 1.82) is 0 Å². The quantitative estimate of drug-likeness (QED) is 0.397. The summed E-state index contributed by atoms with van der Waals surface area (Å²) in [6, 6.07) is 13.1. The number of aliphatic hydroxyl groups is 2. The molecule has 3 nitrogen and oxygen atoms in total. The van der Waals surface area contributed by atoms with E-state index >= 15 is 0 Å². The summed E-state index contributed by atoms with van der Waals surface area (Å²) < 4.78 is 6.92. The average molecular weight is 499 g/mol. The van der Waals surface area contributed by atoms with Crippen molar-refractivity contribution in [1.82, 2.24) is 0 Å². The van der Waals surface area contributed by atoms with Gasteiger partial charge in [0.25, 0.3) is 0 Å². The molecule has 0 amide bonds. The normalized spacial score (nSPS) is 28.0. The zero-order valence-corrected chi connectivity index (χ0v) is 22.7. The molecule has 1 heterocycles. The van der Waals surface area contributed by atoms with E-state index in [-0.39, 0.29) is 18.4 Å². The highest BCUT2D eigenvalue weighted by Crippen LogP contribution is 2.56. The number of benzene rings is 2. The average Bonchev–Trinajstić information content (AvgIpc) is 2.84. The molecule has 2 fully saturated rings. The summed E-state index contributed by atoms with van der Waals surface area (Å²) in [5, 5.41) is 21.9. The fourth-order valence-corrected chi connectivity index (χ4v) is 6.83. The third-order valence-corrected chi connectivity index (χ3v) is 9.38. The van der Waals surface area contributed by atoms with Gasteiger partial charge in [-0.2, -0.15) is 0 Å². The van der Waals surface area contributed by atoms with Crippen molar-refractivity contribution >= 4 is 11.6 Å². The van der Waals surface area contributed by atoms with Gasteiger partial charge in [-0.3, -0.25) is 0 Å². The Bertz CT molecular complexity index is 983. The summed E-state index contributed by atoms with van der Waals surface area (Å²) in [6.45, 7) is 8.74. The summed E-state index contributed by atoms with van der Waals surface area (Å²) in [4.78, 5) is 0. The van der Waals surface area contributed by atoms with Gasteiger partial charge >= 0.3 is 0 Å². The van der Waals surface area contributed by atoms with Gasteiger partial charge in [-0.1, -0.05) is 95.3 Å². The zero-order chi connectivity index (χ0) is 25.2. The standard InChI is InChI=1S/C31H43ClO3/c1-5-20(4)31(27(23-9-8-10-23)18-29(34)30(19-33)35-31)26-15-16-28(32)25(24(26)7-3)17-22-13-11-21(6-2)12-14-22/h11-16,20,23,27,29-30,33-34H,5-10,17-19H2,1-4H3. The van der Waals surface area contributed by atoms with Gasteiger partial charge in [-0.15, -0.1) is 0 Å². The molecule has 5 atom stereocenters. The number of aryl methyl sites for hydroxylation is 1. The lowest BCUT2D eigenvalue weighted by Gasteiger charge is -2.56. The maximum Gasteiger partial charge on any atom is 0.108 e. The lowest BCUT2D eigenvalue weighted by Crippen LogP contribution is -2.58. The summed E-state index contributed by atoms with van der Waals surface area (Å²) in [6.07, 6.45) is 6.77. The minimum absolute atomic E-state index is 0.164. The molecule has 4 rings (SSSR count). The Hall–Kier alpha value is -1.39. The second-order valence-corrected chi connectivity index (χ2v) is 11.2. The number of aliphatic hydroxyl groups excluding tert-OH is 2. The Morgan fingerprint density at radius 3 is 2.23 bits per heavy atom. The van der Waals surface area contributed by atoms with Gasteiger partial charge in [-0.25, -0.2) is 0 Å². The van der Waals surface area contributed by atoms with Gasteiger partial charge in [0.1, 0.15) is 6.10 Å². The van der Waals surface area contributed by atoms with Crippen LogP contribution in [-0.4, -0.2) is 29.0 Å². The molecular formula is C31H43ClO3. The molecule has 4 heteroatoms. The molecule has 0 spiro atoms. The van der Waals surface area contributed by atoms with Crippen molar-refractivity contribution in [3.05, 3.63) is 69.2 Å². The van der Waals surface area contributed by atoms with E-state index in [0.717, 1.165) is 30.7 Å². The minimum Gasteiger partial charge on any atom is -0.394 e. The van der Waals surface area contributed by atoms with Crippen LogP contribution >= 0.6 is 11.6 Å². The number of rotatable bonds is 9. The van der Waals surface area contributed by atoms with Gasteiger partial charge in [-0.05, 0) is 77.3 Å². The molecule has 2 aliphatic rings. The molecule has 2 N–H and O–H groups in total. The van der Waals surface area contributed by atoms with Crippen LogP contribution in [0.15, 0.2) is 36.4 Å². The van der Waals surface area contributed by atoms with E-state index in [9.17, 15) is 10.2 Å². The molecule has 5 unspecified atom stereocenters. The Morgan fingerprint density at radius 1 is 1.00 bits per heavy atom. The third-order valence-electron chi connectivity index (χ3n) is 9.03. The Kier molecular flexibility index (Phi) is 8.64. The van der Waals surface area contributed by atoms with E-state index in [0.29, 0.717) is 12.3 Å². The predicted octanol–water partition coefficient (Wildman–Crippen LogP) is 6.86. The van der Waals surface area contributed by atoms with Gasteiger partial charge in [0.05, 0.1) is 18.3 Å². The SMILES string of the molecule is CCc1ccc(Cc2c(Cl)ccc(C3(C(C)CC)OC(CO)C(O)CC3C3CCC3)c2CC)cc1. The van der Waals surface area contributed by atoms with Crippen LogP contribution in [0.4, 0.5) is 0 Å². The van der Waals surface area contributed by atoms with Crippen LogP contribution in [0.2, 0.25) is 5.02 Å². The molecule has 1 saturated carbocycles. The first kappa shape index (κ1) is 26.7. The minimum atomic E-state index is -0.628. The van der Waals surface area contributed by atoms with E-state index in [2.05, 4.69) is 64.1 Å². The van der Waals surface area contributed by atoms with Crippen LogP contribution in [0.5, 0.6) is 0 Å². The number of ether oxygens (including phenoxy) is 1. The number of hydrogen-bond donors (Lipinski definition) is 2. The van der Waals surface area contributed by atoms with Gasteiger partial charge in [0.15, 0.2) is 0 Å². The molecule has 35 heavy (non-hydrogen) atoms. The monoisotopic (exact) mass is 498 g/mol. The maximum absolute atomic E-state index is 10.9. The van der Waals surface area contributed by atoms with Crippen LogP contribution in [0.25, 0.3) is 0 Å². The molecule has 2 aromatic rings. The summed E-state index contributed by atoms with van der Waals surface area (Å²) in [5.74, 6) is 1.02. The van der Waals surface area contributed by atoms with Crippen LogP contribution in [0.3, 0.4) is 0 Å².